The molecular weight excluding hydrogens is 286 g/mol. The smallest absolute Gasteiger partial charge is 0.296 e. The van der Waals surface area contributed by atoms with E-state index in [1.54, 1.807) is 7.05 Å². The van der Waals surface area contributed by atoms with Gasteiger partial charge in [-0.1, -0.05) is 17.7 Å². The monoisotopic (exact) mass is 299 g/mol. The Balaban J connectivity index is 2.72. The molecule has 0 amide bonds. The summed E-state index contributed by atoms with van der Waals surface area (Å²) in [5.41, 5.74) is 4.07. The van der Waals surface area contributed by atoms with Crippen molar-refractivity contribution in [3.63, 3.8) is 0 Å². The number of hydrogen-bond acceptors (Lipinski definition) is 4. The van der Waals surface area contributed by atoms with Gasteiger partial charge in [-0.15, -0.1) is 10.2 Å². The summed E-state index contributed by atoms with van der Waals surface area (Å²) in [4.78, 5) is 0. The Morgan fingerprint density at radius 3 is 2.05 bits per heavy atom. The molecule has 0 N–H and O–H groups in total. The highest BCUT2D eigenvalue weighted by atomic mass is 35.7. The Kier molecular flexibility index (Phi) is 3.40. The molecule has 19 heavy (non-hydrogen) atoms. The Morgan fingerprint density at radius 1 is 1.11 bits per heavy atom. The van der Waals surface area contributed by atoms with E-state index in [4.69, 9.17) is 10.7 Å². The quantitative estimate of drug-likeness (QED) is 0.798. The van der Waals surface area contributed by atoms with Gasteiger partial charge in [-0.25, -0.2) is 8.42 Å². The molecule has 1 heterocycles. The van der Waals surface area contributed by atoms with Gasteiger partial charge in [0.15, 0.2) is 5.82 Å². The maximum atomic E-state index is 11.4. The number of hydrogen-bond donors (Lipinski definition) is 0. The van der Waals surface area contributed by atoms with E-state index in [2.05, 4.69) is 10.2 Å². The molecule has 2 rings (SSSR count). The molecule has 102 valence electrons. The first-order valence-corrected chi connectivity index (χ1v) is 7.95. The van der Waals surface area contributed by atoms with E-state index >= 15 is 0 Å². The maximum absolute atomic E-state index is 11.4. The van der Waals surface area contributed by atoms with Gasteiger partial charge in [0.05, 0.1) is 0 Å². The molecular formula is C12H14ClN3O2S. The van der Waals surface area contributed by atoms with Crippen LogP contribution in [-0.4, -0.2) is 23.2 Å². The summed E-state index contributed by atoms with van der Waals surface area (Å²) in [5, 5.41) is 7.37. The topological polar surface area (TPSA) is 64.8 Å². The van der Waals surface area contributed by atoms with Gasteiger partial charge in [-0.2, -0.15) is 0 Å². The number of rotatable bonds is 2. The number of benzene rings is 1. The van der Waals surface area contributed by atoms with Crippen LogP contribution < -0.4 is 0 Å². The molecule has 0 aliphatic rings. The second-order valence-corrected chi connectivity index (χ2v) is 7.04. The highest BCUT2D eigenvalue weighted by molar-refractivity contribution is 8.13. The fourth-order valence-electron chi connectivity index (χ4n) is 2.28. The minimum absolute atomic E-state index is 0.247. The van der Waals surface area contributed by atoms with Crippen molar-refractivity contribution in [1.29, 1.82) is 0 Å². The molecule has 0 radical (unpaired) electrons. The van der Waals surface area contributed by atoms with Gasteiger partial charge in [0.25, 0.3) is 14.2 Å². The van der Waals surface area contributed by atoms with Gasteiger partial charge in [-0.05, 0) is 31.9 Å². The van der Waals surface area contributed by atoms with E-state index in [-0.39, 0.29) is 5.16 Å². The fraction of sp³-hybridized carbons (Fsp3) is 0.333. The van der Waals surface area contributed by atoms with E-state index in [0.29, 0.717) is 5.82 Å². The third-order valence-corrected chi connectivity index (χ3v) is 4.16. The molecule has 1 aromatic carbocycles. The predicted octanol–water partition coefficient (Wildman–Crippen LogP) is 2.33. The highest BCUT2D eigenvalue weighted by Crippen LogP contribution is 2.28. The summed E-state index contributed by atoms with van der Waals surface area (Å²) in [5.74, 6) is 0.495. The van der Waals surface area contributed by atoms with Crippen LogP contribution in [0.25, 0.3) is 11.4 Å². The Morgan fingerprint density at radius 2 is 1.63 bits per heavy atom. The van der Waals surface area contributed by atoms with Gasteiger partial charge < -0.3 is 0 Å². The molecule has 0 bridgehead atoms. The maximum Gasteiger partial charge on any atom is 0.296 e. The van der Waals surface area contributed by atoms with Crippen molar-refractivity contribution in [2.45, 2.75) is 25.9 Å². The average Bonchev–Trinajstić information content (AvgIpc) is 2.58. The van der Waals surface area contributed by atoms with E-state index < -0.39 is 9.05 Å². The average molecular weight is 300 g/mol. The zero-order valence-electron chi connectivity index (χ0n) is 11.1. The normalized spacial score (nSPS) is 11.8. The molecule has 0 aliphatic carbocycles. The van der Waals surface area contributed by atoms with Crippen molar-refractivity contribution in [3.05, 3.63) is 28.8 Å². The molecule has 5 nitrogen and oxygen atoms in total. The minimum atomic E-state index is -3.89. The first-order valence-electron chi connectivity index (χ1n) is 5.64. The Labute approximate surface area is 116 Å². The van der Waals surface area contributed by atoms with Crippen molar-refractivity contribution < 1.29 is 8.42 Å². The summed E-state index contributed by atoms with van der Waals surface area (Å²) in [6.07, 6.45) is 0. The predicted molar refractivity (Wildman–Crippen MR) is 73.7 cm³/mol. The van der Waals surface area contributed by atoms with Gasteiger partial charge in [-0.3, -0.25) is 4.57 Å². The van der Waals surface area contributed by atoms with E-state index in [9.17, 15) is 8.42 Å². The largest absolute Gasteiger partial charge is 0.300 e. The van der Waals surface area contributed by atoms with Gasteiger partial charge in [0.2, 0.25) is 0 Å². The first kappa shape index (κ1) is 14.0. The lowest BCUT2D eigenvalue weighted by Gasteiger charge is -2.10. The SMILES string of the molecule is Cc1cc(C)c(-c2nnc(S(=O)(=O)Cl)n2C)c(C)c1. The van der Waals surface area contributed by atoms with Crippen molar-refractivity contribution >= 4 is 19.7 Å². The third kappa shape index (κ3) is 2.50. The molecule has 0 saturated carbocycles. The lowest BCUT2D eigenvalue weighted by atomic mass is 9.99. The molecule has 2 aromatic rings. The number of aromatic nitrogens is 3. The molecule has 0 fully saturated rings. The summed E-state index contributed by atoms with van der Waals surface area (Å²) in [6, 6.07) is 4.04. The van der Waals surface area contributed by atoms with Crippen molar-refractivity contribution in [2.24, 2.45) is 7.05 Å². The van der Waals surface area contributed by atoms with Gasteiger partial charge in [0, 0.05) is 23.3 Å². The molecule has 0 saturated heterocycles. The lowest BCUT2D eigenvalue weighted by molar-refractivity contribution is 0.593. The van der Waals surface area contributed by atoms with Crippen LogP contribution in [0.2, 0.25) is 0 Å². The minimum Gasteiger partial charge on any atom is -0.300 e. The zero-order chi connectivity index (χ0) is 14.4. The van der Waals surface area contributed by atoms with Gasteiger partial charge >= 0.3 is 0 Å². The van der Waals surface area contributed by atoms with Crippen molar-refractivity contribution in [2.75, 3.05) is 0 Å². The van der Waals surface area contributed by atoms with Crippen LogP contribution in [0.5, 0.6) is 0 Å². The highest BCUT2D eigenvalue weighted by Gasteiger charge is 2.22. The van der Waals surface area contributed by atoms with Crippen LogP contribution in [0.15, 0.2) is 17.3 Å². The van der Waals surface area contributed by atoms with E-state index in [1.807, 2.05) is 32.9 Å². The summed E-state index contributed by atoms with van der Waals surface area (Å²) in [7, 11) is 3.01. The summed E-state index contributed by atoms with van der Waals surface area (Å²) < 4.78 is 24.1. The van der Waals surface area contributed by atoms with Crippen molar-refractivity contribution in [3.8, 4) is 11.4 Å². The Bertz CT molecular complexity index is 727. The van der Waals surface area contributed by atoms with Crippen LogP contribution in [0.3, 0.4) is 0 Å². The molecule has 7 heteroatoms. The van der Waals surface area contributed by atoms with Crippen LogP contribution in [-0.2, 0) is 16.1 Å². The third-order valence-electron chi connectivity index (χ3n) is 2.95. The molecule has 0 aliphatic heterocycles. The number of nitrogens with zero attached hydrogens (tertiary/aromatic N) is 3. The summed E-state index contributed by atoms with van der Waals surface area (Å²) >= 11 is 0. The number of halogens is 1. The second-order valence-electron chi connectivity index (χ2n) is 4.58. The van der Waals surface area contributed by atoms with Crippen LogP contribution >= 0.6 is 10.7 Å². The number of aryl methyl sites for hydroxylation is 3. The molecule has 1 aromatic heterocycles. The first-order chi connectivity index (χ1) is 8.71. The second kappa shape index (κ2) is 4.61. The standard InChI is InChI=1S/C12H14ClN3O2S/c1-7-5-8(2)10(9(3)6-7)11-14-15-12(16(11)4)19(13,17)18/h5-6H,1-4H3. The van der Waals surface area contributed by atoms with E-state index in [0.717, 1.165) is 22.3 Å². The molecule has 0 unspecified atom stereocenters. The lowest BCUT2D eigenvalue weighted by Crippen LogP contribution is -2.04. The van der Waals surface area contributed by atoms with E-state index in [1.165, 1.54) is 4.57 Å². The fourth-order valence-corrected chi connectivity index (χ4v) is 3.23. The Hall–Kier alpha value is -1.40. The van der Waals surface area contributed by atoms with Crippen LogP contribution in [0.1, 0.15) is 16.7 Å². The molecule has 0 spiro atoms. The van der Waals surface area contributed by atoms with Crippen molar-refractivity contribution in [1.82, 2.24) is 14.8 Å². The van der Waals surface area contributed by atoms with Gasteiger partial charge in [0.1, 0.15) is 0 Å². The zero-order valence-corrected chi connectivity index (χ0v) is 12.7. The van der Waals surface area contributed by atoms with Crippen LogP contribution in [0, 0.1) is 20.8 Å². The summed E-state index contributed by atoms with van der Waals surface area (Å²) in [6.45, 7) is 5.92. The van der Waals surface area contributed by atoms with Crippen LogP contribution in [0.4, 0.5) is 0 Å². The molecule has 0 atom stereocenters.